The van der Waals surface area contributed by atoms with Gasteiger partial charge in [-0.05, 0) is 0 Å². The SMILES string of the molecule is Nc1nc(Oc2cncc(Cl)c2)ccc1[N+](=O)[O-]. The second-order valence-electron chi connectivity index (χ2n) is 3.25. The van der Waals surface area contributed by atoms with Gasteiger partial charge in [-0.15, -0.1) is 0 Å². The van der Waals surface area contributed by atoms with Crippen molar-refractivity contribution in [1.29, 1.82) is 0 Å². The third-order valence-corrected chi connectivity index (χ3v) is 2.18. The van der Waals surface area contributed by atoms with Gasteiger partial charge in [0.15, 0.2) is 0 Å². The maximum atomic E-state index is 10.6. The number of nitrogens with two attached hydrogens (primary N) is 1. The Hall–Kier alpha value is -2.41. The Morgan fingerprint density at radius 3 is 2.78 bits per heavy atom. The van der Waals surface area contributed by atoms with E-state index < -0.39 is 4.92 Å². The van der Waals surface area contributed by atoms with Gasteiger partial charge < -0.3 is 10.5 Å². The second kappa shape index (κ2) is 4.84. The first-order valence-corrected chi connectivity index (χ1v) is 5.13. The van der Waals surface area contributed by atoms with E-state index >= 15 is 0 Å². The van der Waals surface area contributed by atoms with Crippen LogP contribution in [0, 0.1) is 10.1 Å². The number of hydrogen-bond donors (Lipinski definition) is 1. The summed E-state index contributed by atoms with van der Waals surface area (Å²) in [4.78, 5) is 17.5. The molecular weight excluding hydrogens is 260 g/mol. The highest BCUT2D eigenvalue weighted by molar-refractivity contribution is 6.30. The second-order valence-corrected chi connectivity index (χ2v) is 3.69. The predicted molar refractivity (Wildman–Crippen MR) is 64.6 cm³/mol. The first-order valence-electron chi connectivity index (χ1n) is 4.75. The number of hydrogen-bond acceptors (Lipinski definition) is 6. The molecule has 0 radical (unpaired) electrons. The molecule has 92 valence electrons. The molecular formula is C10H7ClN4O3. The minimum Gasteiger partial charge on any atom is -0.437 e. The van der Waals surface area contributed by atoms with Crippen molar-refractivity contribution in [2.24, 2.45) is 0 Å². The molecule has 2 N–H and O–H groups in total. The highest BCUT2D eigenvalue weighted by Crippen LogP contribution is 2.26. The zero-order valence-corrected chi connectivity index (χ0v) is 9.66. The zero-order valence-electron chi connectivity index (χ0n) is 8.91. The number of nitrogen functional groups attached to an aromatic ring is 1. The summed E-state index contributed by atoms with van der Waals surface area (Å²) in [6, 6.07) is 4.10. The van der Waals surface area contributed by atoms with E-state index in [4.69, 9.17) is 22.1 Å². The molecule has 0 bridgehead atoms. The number of pyridine rings is 2. The van der Waals surface area contributed by atoms with Gasteiger partial charge in [0.05, 0.1) is 16.1 Å². The smallest absolute Gasteiger partial charge is 0.311 e. The molecule has 0 unspecified atom stereocenters. The molecule has 0 saturated heterocycles. The van der Waals surface area contributed by atoms with E-state index in [-0.39, 0.29) is 17.4 Å². The number of anilines is 1. The maximum absolute atomic E-state index is 10.6. The van der Waals surface area contributed by atoms with Gasteiger partial charge in [0, 0.05) is 24.4 Å². The van der Waals surface area contributed by atoms with E-state index in [2.05, 4.69) is 9.97 Å². The molecule has 0 atom stereocenters. The van der Waals surface area contributed by atoms with Crippen LogP contribution in [0.3, 0.4) is 0 Å². The predicted octanol–water partition coefficient (Wildman–Crippen LogP) is 2.41. The van der Waals surface area contributed by atoms with E-state index in [0.29, 0.717) is 10.8 Å². The summed E-state index contributed by atoms with van der Waals surface area (Å²) in [5.74, 6) is 0.276. The Kier molecular flexibility index (Phi) is 3.24. The van der Waals surface area contributed by atoms with E-state index in [0.717, 1.165) is 0 Å². The highest BCUT2D eigenvalue weighted by atomic mass is 35.5. The lowest BCUT2D eigenvalue weighted by Gasteiger charge is -2.05. The topological polar surface area (TPSA) is 104 Å². The van der Waals surface area contributed by atoms with E-state index in [1.165, 1.54) is 30.6 Å². The van der Waals surface area contributed by atoms with Crippen LogP contribution in [-0.2, 0) is 0 Å². The Morgan fingerprint density at radius 2 is 2.17 bits per heavy atom. The Labute approximate surface area is 106 Å². The lowest BCUT2D eigenvalue weighted by molar-refractivity contribution is -0.384. The number of halogens is 1. The van der Waals surface area contributed by atoms with Crippen molar-refractivity contribution in [2.75, 3.05) is 5.73 Å². The molecule has 18 heavy (non-hydrogen) atoms. The fourth-order valence-corrected chi connectivity index (χ4v) is 1.39. The van der Waals surface area contributed by atoms with Gasteiger partial charge in [0.1, 0.15) is 5.75 Å². The summed E-state index contributed by atoms with van der Waals surface area (Å²) in [5.41, 5.74) is 5.16. The van der Waals surface area contributed by atoms with Crippen LogP contribution < -0.4 is 10.5 Å². The minimum atomic E-state index is -0.618. The van der Waals surface area contributed by atoms with Gasteiger partial charge in [-0.1, -0.05) is 11.6 Å². The first-order chi connectivity index (χ1) is 8.56. The van der Waals surface area contributed by atoms with Crippen LogP contribution in [0.2, 0.25) is 5.02 Å². The normalized spacial score (nSPS) is 10.1. The number of nitro groups is 1. The molecule has 0 amide bonds. The van der Waals surface area contributed by atoms with Gasteiger partial charge in [-0.3, -0.25) is 15.1 Å². The van der Waals surface area contributed by atoms with Crippen molar-refractivity contribution in [2.45, 2.75) is 0 Å². The third-order valence-electron chi connectivity index (χ3n) is 1.98. The summed E-state index contributed by atoms with van der Waals surface area (Å²) in [6.45, 7) is 0. The Bertz CT molecular complexity index is 605. The zero-order chi connectivity index (χ0) is 13.1. The van der Waals surface area contributed by atoms with Crippen molar-refractivity contribution in [1.82, 2.24) is 9.97 Å². The first kappa shape index (κ1) is 12.1. The van der Waals surface area contributed by atoms with Crippen LogP contribution in [-0.4, -0.2) is 14.9 Å². The third kappa shape index (κ3) is 2.64. The molecule has 0 aliphatic carbocycles. The summed E-state index contributed by atoms with van der Waals surface area (Å²) in [6.07, 6.45) is 2.89. The average molecular weight is 267 g/mol. The monoisotopic (exact) mass is 266 g/mol. The summed E-state index contributed by atoms with van der Waals surface area (Å²) in [5, 5.41) is 11.0. The standard InChI is InChI=1S/C10H7ClN4O3/c11-6-3-7(5-13-4-6)18-9-2-1-8(15(16)17)10(12)14-9/h1-5H,(H2,12,14). The fourth-order valence-electron chi connectivity index (χ4n) is 1.23. The van der Waals surface area contributed by atoms with Gasteiger partial charge in [-0.2, -0.15) is 4.98 Å². The van der Waals surface area contributed by atoms with Crippen LogP contribution >= 0.6 is 11.6 Å². The summed E-state index contributed by atoms with van der Waals surface area (Å²) < 4.78 is 5.31. The lowest BCUT2D eigenvalue weighted by Crippen LogP contribution is -1.99. The highest BCUT2D eigenvalue weighted by Gasteiger charge is 2.13. The van der Waals surface area contributed by atoms with Gasteiger partial charge in [-0.25, -0.2) is 0 Å². The Balaban J connectivity index is 2.25. The molecule has 2 aromatic rings. The molecule has 0 aromatic carbocycles. The number of rotatable bonds is 3. The Morgan fingerprint density at radius 1 is 1.39 bits per heavy atom. The minimum absolute atomic E-state index is 0.127. The molecule has 8 heteroatoms. The molecule has 0 aliphatic heterocycles. The maximum Gasteiger partial charge on any atom is 0.311 e. The largest absolute Gasteiger partial charge is 0.437 e. The van der Waals surface area contributed by atoms with Crippen LogP contribution in [0.25, 0.3) is 0 Å². The molecule has 7 nitrogen and oxygen atoms in total. The number of aromatic nitrogens is 2. The number of nitrogens with zero attached hydrogens (tertiary/aromatic N) is 3. The van der Waals surface area contributed by atoms with Crippen LogP contribution in [0.4, 0.5) is 11.5 Å². The summed E-state index contributed by atoms with van der Waals surface area (Å²) >= 11 is 5.73. The van der Waals surface area contributed by atoms with Crippen molar-refractivity contribution in [3.05, 3.63) is 45.7 Å². The van der Waals surface area contributed by atoms with Crippen molar-refractivity contribution >= 4 is 23.1 Å². The molecule has 0 fully saturated rings. The van der Waals surface area contributed by atoms with E-state index in [9.17, 15) is 10.1 Å². The van der Waals surface area contributed by atoms with Gasteiger partial charge >= 0.3 is 5.69 Å². The van der Waals surface area contributed by atoms with E-state index in [1.807, 2.05) is 0 Å². The van der Waals surface area contributed by atoms with Crippen LogP contribution in [0.15, 0.2) is 30.6 Å². The molecule has 0 saturated carbocycles. The number of ether oxygens (including phenoxy) is 1. The quantitative estimate of drug-likeness (QED) is 0.676. The molecule has 2 heterocycles. The molecule has 2 aromatic heterocycles. The van der Waals surface area contributed by atoms with Gasteiger partial charge in [0.25, 0.3) is 0 Å². The van der Waals surface area contributed by atoms with Crippen LogP contribution in [0.1, 0.15) is 0 Å². The fraction of sp³-hybridized carbons (Fsp3) is 0. The average Bonchev–Trinajstić information content (AvgIpc) is 2.28. The molecule has 0 aliphatic rings. The van der Waals surface area contributed by atoms with Crippen molar-refractivity contribution < 1.29 is 9.66 Å². The van der Waals surface area contributed by atoms with Gasteiger partial charge in [0.2, 0.25) is 11.7 Å². The lowest BCUT2D eigenvalue weighted by atomic mass is 10.4. The van der Waals surface area contributed by atoms with Crippen molar-refractivity contribution in [3.8, 4) is 11.6 Å². The van der Waals surface area contributed by atoms with Crippen molar-refractivity contribution in [3.63, 3.8) is 0 Å². The molecule has 0 spiro atoms. The van der Waals surface area contributed by atoms with E-state index in [1.54, 1.807) is 0 Å². The van der Waals surface area contributed by atoms with Crippen LogP contribution in [0.5, 0.6) is 11.6 Å². The molecule has 2 rings (SSSR count). The summed E-state index contributed by atoms with van der Waals surface area (Å²) in [7, 11) is 0.